The molecule has 1 fully saturated rings. The van der Waals surface area contributed by atoms with Crippen LogP contribution in [0, 0.1) is 12.8 Å². The number of aryl methyl sites for hydroxylation is 1. The Kier molecular flexibility index (Phi) is 5.58. The standard InChI is InChI=1S/C17H28N2O/c1-3-16(18)17(15-6-4-5-13(2)11-15)19-9-7-14(12-20)8-10-19/h4-6,11,14,16-17,20H,3,7-10,12,18H2,1-2H3. The van der Waals surface area contributed by atoms with E-state index in [-0.39, 0.29) is 6.04 Å². The average Bonchev–Trinajstić information content (AvgIpc) is 2.48. The number of likely N-dealkylation sites (tertiary alicyclic amines) is 1. The van der Waals surface area contributed by atoms with Crippen LogP contribution in [0.15, 0.2) is 24.3 Å². The van der Waals surface area contributed by atoms with E-state index in [4.69, 9.17) is 5.73 Å². The van der Waals surface area contributed by atoms with Crippen LogP contribution in [-0.2, 0) is 0 Å². The van der Waals surface area contributed by atoms with Crippen molar-refractivity contribution in [2.45, 2.75) is 45.2 Å². The van der Waals surface area contributed by atoms with Crippen molar-refractivity contribution in [3.8, 4) is 0 Å². The van der Waals surface area contributed by atoms with Gasteiger partial charge in [0.25, 0.3) is 0 Å². The van der Waals surface area contributed by atoms with Gasteiger partial charge < -0.3 is 10.8 Å². The summed E-state index contributed by atoms with van der Waals surface area (Å²) in [7, 11) is 0. The normalized spacial score (nSPS) is 20.8. The lowest BCUT2D eigenvalue weighted by molar-refractivity contribution is 0.0884. The van der Waals surface area contributed by atoms with Crippen molar-refractivity contribution in [3.05, 3.63) is 35.4 Å². The van der Waals surface area contributed by atoms with Gasteiger partial charge in [0, 0.05) is 18.7 Å². The first kappa shape index (κ1) is 15.5. The maximum Gasteiger partial charge on any atom is 0.0499 e. The minimum absolute atomic E-state index is 0.169. The molecule has 1 aliphatic heterocycles. The summed E-state index contributed by atoms with van der Waals surface area (Å²) >= 11 is 0. The molecule has 1 aromatic rings. The second-order valence-corrected chi connectivity index (χ2v) is 6.09. The van der Waals surface area contributed by atoms with E-state index in [0.717, 1.165) is 32.4 Å². The molecule has 1 aliphatic rings. The average molecular weight is 276 g/mol. The van der Waals surface area contributed by atoms with E-state index in [2.05, 4.69) is 43.0 Å². The number of nitrogens with zero attached hydrogens (tertiary/aromatic N) is 1. The van der Waals surface area contributed by atoms with Gasteiger partial charge in [-0.2, -0.15) is 0 Å². The van der Waals surface area contributed by atoms with Gasteiger partial charge in [-0.1, -0.05) is 36.8 Å². The Morgan fingerprint density at radius 2 is 2.05 bits per heavy atom. The zero-order chi connectivity index (χ0) is 14.5. The van der Waals surface area contributed by atoms with Crippen molar-refractivity contribution in [3.63, 3.8) is 0 Å². The lowest BCUT2D eigenvalue weighted by Gasteiger charge is -2.40. The second-order valence-electron chi connectivity index (χ2n) is 6.09. The fourth-order valence-electron chi connectivity index (χ4n) is 3.22. The summed E-state index contributed by atoms with van der Waals surface area (Å²) in [5, 5.41) is 9.28. The molecule has 1 aromatic carbocycles. The van der Waals surface area contributed by atoms with Gasteiger partial charge in [-0.3, -0.25) is 4.90 Å². The van der Waals surface area contributed by atoms with Crippen LogP contribution < -0.4 is 5.73 Å². The predicted octanol–water partition coefficient (Wildman–Crippen LogP) is 2.48. The Balaban J connectivity index is 2.16. The molecule has 0 amide bonds. The monoisotopic (exact) mass is 276 g/mol. The molecule has 112 valence electrons. The van der Waals surface area contributed by atoms with Crippen molar-refractivity contribution >= 4 is 0 Å². The molecule has 1 saturated heterocycles. The van der Waals surface area contributed by atoms with Crippen LogP contribution in [0.2, 0.25) is 0 Å². The van der Waals surface area contributed by atoms with Gasteiger partial charge in [-0.25, -0.2) is 0 Å². The third-order valence-electron chi connectivity index (χ3n) is 4.56. The van der Waals surface area contributed by atoms with Gasteiger partial charge in [0.1, 0.15) is 0 Å². The number of benzene rings is 1. The van der Waals surface area contributed by atoms with Crippen LogP contribution in [0.5, 0.6) is 0 Å². The highest BCUT2D eigenvalue weighted by Gasteiger charge is 2.29. The summed E-state index contributed by atoms with van der Waals surface area (Å²) in [5.41, 5.74) is 9.03. The minimum Gasteiger partial charge on any atom is -0.396 e. The predicted molar refractivity (Wildman–Crippen MR) is 83.6 cm³/mol. The molecule has 20 heavy (non-hydrogen) atoms. The molecule has 3 heteroatoms. The van der Waals surface area contributed by atoms with Crippen LogP contribution in [0.1, 0.15) is 43.4 Å². The molecule has 1 heterocycles. The van der Waals surface area contributed by atoms with Crippen molar-refractivity contribution in [1.82, 2.24) is 4.90 Å². The van der Waals surface area contributed by atoms with Crippen LogP contribution in [0.4, 0.5) is 0 Å². The van der Waals surface area contributed by atoms with Crippen LogP contribution >= 0.6 is 0 Å². The zero-order valence-corrected chi connectivity index (χ0v) is 12.8. The van der Waals surface area contributed by atoms with E-state index in [0.29, 0.717) is 18.6 Å². The van der Waals surface area contributed by atoms with Crippen LogP contribution in [0.3, 0.4) is 0 Å². The minimum atomic E-state index is 0.169. The van der Waals surface area contributed by atoms with Gasteiger partial charge in [0.05, 0.1) is 0 Å². The summed E-state index contributed by atoms with van der Waals surface area (Å²) in [4.78, 5) is 2.51. The topological polar surface area (TPSA) is 49.5 Å². The van der Waals surface area contributed by atoms with Crippen molar-refractivity contribution in [2.24, 2.45) is 11.7 Å². The molecule has 3 nitrogen and oxygen atoms in total. The summed E-state index contributed by atoms with van der Waals surface area (Å²) in [6.07, 6.45) is 3.14. The Bertz CT molecular complexity index is 413. The molecule has 0 aromatic heterocycles. The van der Waals surface area contributed by atoms with Crippen molar-refractivity contribution < 1.29 is 5.11 Å². The number of piperidine rings is 1. The highest BCUT2D eigenvalue weighted by Crippen LogP contribution is 2.30. The summed E-state index contributed by atoms with van der Waals surface area (Å²) in [6, 6.07) is 9.20. The number of aliphatic hydroxyl groups excluding tert-OH is 1. The second kappa shape index (κ2) is 7.21. The highest BCUT2D eigenvalue weighted by molar-refractivity contribution is 5.26. The van der Waals surface area contributed by atoms with Crippen LogP contribution in [-0.4, -0.2) is 35.7 Å². The van der Waals surface area contributed by atoms with E-state index in [9.17, 15) is 5.11 Å². The number of aliphatic hydroxyl groups is 1. The SMILES string of the molecule is CCC(N)C(c1cccc(C)c1)N1CCC(CO)CC1. The number of nitrogens with two attached hydrogens (primary N) is 1. The Labute approximate surface area is 122 Å². The third-order valence-corrected chi connectivity index (χ3v) is 4.56. The highest BCUT2D eigenvalue weighted by atomic mass is 16.3. The van der Waals surface area contributed by atoms with Gasteiger partial charge in [-0.05, 0) is 50.8 Å². The number of hydrogen-bond donors (Lipinski definition) is 2. The Morgan fingerprint density at radius 1 is 1.35 bits per heavy atom. The molecule has 0 aliphatic carbocycles. The van der Waals surface area contributed by atoms with E-state index in [1.807, 2.05) is 0 Å². The first-order valence-corrected chi connectivity index (χ1v) is 7.82. The molecule has 0 saturated carbocycles. The quantitative estimate of drug-likeness (QED) is 0.868. The van der Waals surface area contributed by atoms with E-state index >= 15 is 0 Å². The summed E-state index contributed by atoms with van der Waals surface area (Å²) in [5.74, 6) is 0.474. The summed E-state index contributed by atoms with van der Waals surface area (Å²) in [6.45, 7) is 6.70. The molecule has 3 N–H and O–H groups in total. The zero-order valence-electron chi connectivity index (χ0n) is 12.8. The molecule has 2 rings (SSSR count). The van der Waals surface area contributed by atoms with Gasteiger partial charge >= 0.3 is 0 Å². The Morgan fingerprint density at radius 3 is 2.60 bits per heavy atom. The van der Waals surface area contributed by atoms with E-state index < -0.39 is 0 Å². The number of rotatable bonds is 5. The maximum atomic E-state index is 9.28. The molecule has 2 atom stereocenters. The largest absolute Gasteiger partial charge is 0.396 e. The molecule has 0 spiro atoms. The van der Waals surface area contributed by atoms with Gasteiger partial charge in [0.2, 0.25) is 0 Å². The molecule has 2 unspecified atom stereocenters. The third kappa shape index (κ3) is 3.60. The smallest absolute Gasteiger partial charge is 0.0499 e. The van der Waals surface area contributed by atoms with E-state index in [1.165, 1.54) is 11.1 Å². The lowest BCUT2D eigenvalue weighted by atomic mass is 9.90. The fraction of sp³-hybridized carbons (Fsp3) is 0.647. The van der Waals surface area contributed by atoms with Crippen molar-refractivity contribution in [1.29, 1.82) is 0 Å². The van der Waals surface area contributed by atoms with Crippen molar-refractivity contribution in [2.75, 3.05) is 19.7 Å². The Hall–Kier alpha value is -0.900. The fourth-order valence-corrected chi connectivity index (χ4v) is 3.22. The molecular weight excluding hydrogens is 248 g/mol. The molecule has 0 radical (unpaired) electrons. The lowest BCUT2D eigenvalue weighted by Crippen LogP contribution is -2.45. The molecule has 0 bridgehead atoms. The first-order valence-electron chi connectivity index (χ1n) is 7.82. The van der Waals surface area contributed by atoms with Gasteiger partial charge in [-0.15, -0.1) is 0 Å². The van der Waals surface area contributed by atoms with Gasteiger partial charge in [0.15, 0.2) is 0 Å². The number of hydrogen-bond acceptors (Lipinski definition) is 3. The van der Waals surface area contributed by atoms with Crippen LogP contribution in [0.25, 0.3) is 0 Å². The van der Waals surface area contributed by atoms with E-state index in [1.54, 1.807) is 0 Å². The first-order chi connectivity index (χ1) is 9.65. The summed E-state index contributed by atoms with van der Waals surface area (Å²) < 4.78 is 0. The maximum absolute atomic E-state index is 9.28. The molecular formula is C17H28N2O.